The Bertz CT molecular complexity index is 556. The predicted octanol–water partition coefficient (Wildman–Crippen LogP) is 3.50. The van der Waals surface area contributed by atoms with Gasteiger partial charge in [-0.1, -0.05) is 12.1 Å². The molecule has 1 heterocycles. The van der Waals surface area contributed by atoms with Crippen LogP contribution in [0.2, 0.25) is 0 Å². The number of carbonyl (C=O) groups is 1. The number of hydrogen-bond donors (Lipinski definition) is 1. The normalized spacial score (nSPS) is 11.5. The summed E-state index contributed by atoms with van der Waals surface area (Å²) in [5, 5.41) is 3.86. The summed E-state index contributed by atoms with van der Waals surface area (Å²) < 4.78 is 0. The predicted molar refractivity (Wildman–Crippen MR) is 79.6 cm³/mol. The van der Waals surface area contributed by atoms with Crippen LogP contribution >= 0.6 is 23.1 Å². The highest BCUT2D eigenvalue weighted by atomic mass is 32.2. The molecule has 2 aromatic rings. The Labute approximate surface area is 115 Å². The van der Waals surface area contributed by atoms with Gasteiger partial charge in [-0.15, -0.1) is 11.8 Å². The third kappa shape index (κ3) is 3.03. The average Bonchev–Trinajstić information content (AvgIpc) is 2.90. The molecule has 0 saturated heterocycles. The average molecular weight is 275 g/mol. The van der Waals surface area contributed by atoms with Crippen molar-refractivity contribution in [3.63, 3.8) is 0 Å². The molecule has 0 unspecified atom stereocenters. The number of rotatable bonds is 4. The van der Waals surface area contributed by atoms with Crippen molar-refractivity contribution in [1.82, 2.24) is 0 Å². The molecule has 0 aliphatic rings. The molecule has 2 nitrogen and oxygen atoms in total. The number of benzene rings is 1. The van der Waals surface area contributed by atoms with Gasteiger partial charge in [0.1, 0.15) is 0 Å². The maximum absolute atomic E-state index is 11.5. The molecule has 0 saturated carbocycles. The number of carbonyl (C=O) groups excluding carboxylic acids is 1. The zero-order valence-electron chi connectivity index (χ0n) is 9.92. The van der Waals surface area contributed by atoms with Crippen molar-refractivity contribution in [1.29, 1.82) is 0 Å². The van der Waals surface area contributed by atoms with Crippen LogP contribution in [0.15, 0.2) is 46.0 Å². The van der Waals surface area contributed by atoms with E-state index in [-0.39, 0.29) is 0 Å². The molecule has 0 fully saturated rings. The molecular weight excluding hydrogens is 262 g/mol. The molecule has 1 aromatic heterocycles. The van der Waals surface area contributed by atoms with Gasteiger partial charge in [-0.3, -0.25) is 4.79 Å². The van der Waals surface area contributed by atoms with E-state index in [0.717, 1.165) is 11.1 Å². The van der Waals surface area contributed by atoms with Crippen LogP contribution in [-0.4, -0.2) is 12.2 Å². The van der Waals surface area contributed by atoms with E-state index in [4.69, 9.17) is 5.73 Å². The summed E-state index contributed by atoms with van der Waals surface area (Å²) in [7, 11) is 0. The van der Waals surface area contributed by atoms with Crippen LogP contribution in [0.5, 0.6) is 0 Å². The minimum Gasteiger partial charge on any atom is -0.366 e. The number of nitrogens with two attached hydrogens (primary N) is 1. The lowest BCUT2D eigenvalue weighted by molar-refractivity contribution is -0.112. The van der Waals surface area contributed by atoms with Crippen molar-refractivity contribution < 1.29 is 4.79 Å². The van der Waals surface area contributed by atoms with E-state index in [0.29, 0.717) is 5.57 Å². The maximum Gasteiger partial charge on any atom is 0.249 e. The number of thiophene rings is 1. The standard InChI is InChI=1S/C14H13NOS2/c1-17-12-4-2-10(3-5-12)8-13(14(15)16)11-6-7-18-9-11/h2-9H,1H3,(H2,15,16)/b13-8+. The first-order chi connectivity index (χ1) is 8.70. The summed E-state index contributed by atoms with van der Waals surface area (Å²) in [5.41, 5.74) is 7.83. The number of primary amides is 1. The highest BCUT2D eigenvalue weighted by Crippen LogP contribution is 2.22. The maximum atomic E-state index is 11.5. The van der Waals surface area contributed by atoms with E-state index in [1.54, 1.807) is 23.1 Å². The van der Waals surface area contributed by atoms with Crippen molar-refractivity contribution in [2.45, 2.75) is 4.90 Å². The van der Waals surface area contributed by atoms with Crippen LogP contribution in [0.1, 0.15) is 11.1 Å². The minimum absolute atomic E-state index is 0.401. The second-order valence-electron chi connectivity index (χ2n) is 3.71. The van der Waals surface area contributed by atoms with Crippen molar-refractivity contribution in [2.75, 3.05) is 6.26 Å². The van der Waals surface area contributed by atoms with E-state index in [9.17, 15) is 4.79 Å². The van der Waals surface area contributed by atoms with Crippen LogP contribution in [0.25, 0.3) is 11.6 Å². The zero-order valence-corrected chi connectivity index (χ0v) is 11.6. The topological polar surface area (TPSA) is 43.1 Å². The first-order valence-corrected chi connectivity index (χ1v) is 7.55. The molecule has 2 rings (SSSR count). The summed E-state index contributed by atoms with van der Waals surface area (Å²) in [6.07, 6.45) is 3.86. The van der Waals surface area contributed by atoms with Crippen LogP contribution in [0.4, 0.5) is 0 Å². The molecule has 0 aliphatic carbocycles. The minimum atomic E-state index is -0.401. The lowest BCUT2D eigenvalue weighted by Gasteiger charge is -2.02. The Morgan fingerprint density at radius 3 is 2.50 bits per heavy atom. The molecule has 0 spiro atoms. The van der Waals surface area contributed by atoms with E-state index in [1.807, 2.05) is 53.4 Å². The Balaban J connectivity index is 2.36. The van der Waals surface area contributed by atoms with Crippen molar-refractivity contribution >= 4 is 40.7 Å². The summed E-state index contributed by atoms with van der Waals surface area (Å²) in [4.78, 5) is 12.7. The van der Waals surface area contributed by atoms with Gasteiger partial charge in [-0.2, -0.15) is 11.3 Å². The first-order valence-electron chi connectivity index (χ1n) is 5.39. The molecular formula is C14H13NOS2. The molecule has 4 heteroatoms. The molecule has 1 amide bonds. The first kappa shape index (κ1) is 12.9. The number of hydrogen-bond acceptors (Lipinski definition) is 3. The molecule has 92 valence electrons. The van der Waals surface area contributed by atoms with Gasteiger partial charge in [0.05, 0.1) is 0 Å². The molecule has 2 N–H and O–H groups in total. The SMILES string of the molecule is CSc1ccc(/C=C(/C(N)=O)c2ccsc2)cc1. The number of amides is 1. The van der Waals surface area contributed by atoms with Crippen LogP contribution < -0.4 is 5.73 Å². The Morgan fingerprint density at radius 2 is 2.00 bits per heavy atom. The van der Waals surface area contributed by atoms with E-state index in [1.165, 1.54) is 4.90 Å². The van der Waals surface area contributed by atoms with E-state index < -0.39 is 5.91 Å². The zero-order chi connectivity index (χ0) is 13.0. The second kappa shape index (κ2) is 5.89. The van der Waals surface area contributed by atoms with Crippen molar-refractivity contribution in [3.8, 4) is 0 Å². The Hall–Kier alpha value is -1.52. The number of thioether (sulfide) groups is 1. The molecule has 18 heavy (non-hydrogen) atoms. The molecule has 0 bridgehead atoms. The quantitative estimate of drug-likeness (QED) is 0.685. The molecule has 0 radical (unpaired) electrons. The fourth-order valence-electron chi connectivity index (χ4n) is 1.58. The summed E-state index contributed by atoms with van der Waals surface area (Å²) >= 11 is 3.24. The Morgan fingerprint density at radius 1 is 1.28 bits per heavy atom. The van der Waals surface area contributed by atoms with Gasteiger partial charge < -0.3 is 5.73 Å². The van der Waals surface area contributed by atoms with Gasteiger partial charge in [0.25, 0.3) is 0 Å². The fraction of sp³-hybridized carbons (Fsp3) is 0.0714. The monoisotopic (exact) mass is 275 g/mol. The van der Waals surface area contributed by atoms with Gasteiger partial charge in [-0.25, -0.2) is 0 Å². The van der Waals surface area contributed by atoms with Crippen molar-refractivity contribution in [2.24, 2.45) is 5.73 Å². The molecule has 0 atom stereocenters. The lowest BCUT2D eigenvalue weighted by atomic mass is 10.1. The van der Waals surface area contributed by atoms with E-state index >= 15 is 0 Å². The second-order valence-corrected chi connectivity index (χ2v) is 5.37. The van der Waals surface area contributed by atoms with Crippen LogP contribution in [0, 0.1) is 0 Å². The summed E-state index contributed by atoms with van der Waals surface area (Å²) in [6, 6.07) is 9.94. The summed E-state index contributed by atoms with van der Waals surface area (Å²) in [6.45, 7) is 0. The van der Waals surface area contributed by atoms with Gasteiger partial charge >= 0.3 is 0 Å². The van der Waals surface area contributed by atoms with Gasteiger partial charge in [0, 0.05) is 10.5 Å². The smallest absolute Gasteiger partial charge is 0.249 e. The highest BCUT2D eigenvalue weighted by Gasteiger charge is 2.08. The molecule has 1 aromatic carbocycles. The third-order valence-corrected chi connectivity index (χ3v) is 3.95. The molecule has 0 aliphatic heterocycles. The van der Waals surface area contributed by atoms with Gasteiger partial charge in [-0.05, 0) is 52.4 Å². The van der Waals surface area contributed by atoms with Gasteiger partial charge in [0.2, 0.25) is 5.91 Å². The van der Waals surface area contributed by atoms with Crippen LogP contribution in [-0.2, 0) is 4.79 Å². The van der Waals surface area contributed by atoms with E-state index in [2.05, 4.69) is 0 Å². The summed E-state index contributed by atoms with van der Waals surface area (Å²) in [5.74, 6) is -0.401. The Kier molecular flexibility index (Phi) is 4.23. The third-order valence-electron chi connectivity index (χ3n) is 2.52. The fourth-order valence-corrected chi connectivity index (χ4v) is 2.65. The highest BCUT2D eigenvalue weighted by molar-refractivity contribution is 7.98. The lowest BCUT2D eigenvalue weighted by Crippen LogP contribution is -2.12. The van der Waals surface area contributed by atoms with Gasteiger partial charge in [0.15, 0.2) is 0 Å². The van der Waals surface area contributed by atoms with Crippen LogP contribution in [0.3, 0.4) is 0 Å². The van der Waals surface area contributed by atoms with Crippen molar-refractivity contribution in [3.05, 3.63) is 52.2 Å². The largest absolute Gasteiger partial charge is 0.366 e.